The summed E-state index contributed by atoms with van der Waals surface area (Å²) in [7, 11) is -4.45. The highest BCUT2D eigenvalue weighted by Crippen LogP contribution is 2.19. The van der Waals surface area contributed by atoms with E-state index < -0.39 is 32.4 Å². The second-order valence-corrected chi connectivity index (χ2v) is 7.01. The van der Waals surface area contributed by atoms with E-state index >= 15 is 0 Å². The lowest BCUT2D eigenvalue weighted by atomic mass is 10.2. The summed E-state index contributed by atoms with van der Waals surface area (Å²) in [6.45, 7) is 1.26. The number of nitrogens with one attached hydrogen (secondary N) is 1. The van der Waals surface area contributed by atoms with Crippen molar-refractivity contribution in [2.45, 2.75) is 11.8 Å². The molecule has 9 nitrogen and oxygen atoms in total. The van der Waals surface area contributed by atoms with E-state index in [9.17, 15) is 23.3 Å². The summed E-state index contributed by atoms with van der Waals surface area (Å²) in [5.74, 6) is -1.31. The Labute approximate surface area is 161 Å². The van der Waals surface area contributed by atoms with Crippen molar-refractivity contribution >= 4 is 39.0 Å². The molecule has 0 unspecified atom stereocenters. The van der Waals surface area contributed by atoms with Gasteiger partial charge < -0.3 is 11.1 Å². The molecule has 0 bridgehead atoms. The molecule has 0 saturated carbocycles. The van der Waals surface area contributed by atoms with Gasteiger partial charge in [0.05, 0.1) is 4.90 Å². The van der Waals surface area contributed by atoms with Crippen LogP contribution in [0.1, 0.15) is 6.92 Å². The van der Waals surface area contributed by atoms with Gasteiger partial charge in [0.1, 0.15) is 11.6 Å². The number of amides is 2. The molecule has 0 aliphatic carbocycles. The summed E-state index contributed by atoms with van der Waals surface area (Å²) in [6, 6.07) is 12.8. The minimum absolute atomic E-state index is 0.0446. The number of nitrogens with zero attached hydrogens (tertiary/aromatic N) is 2. The summed E-state index contributed by atoms with van der Waals surface area (Å²) in [5, 5.41) is 11.7. The number of nitriles is 1. The Hall–Kier alpha value is -3.68. The molecule has 2 amide bonds. The molecule has 2 aromatic carbocycles. The highest BCUT2D eigenvalue weighted by atomic mass is 32.2. The third kappa shape index (κ3) is 5.16. The van der Waals surface area contributed by atoms with E-state index in [0.717, 1.165) is 23.2 Å². The summed E-state index contributed by atoms with van der Waals surface area (Å²) in [6.07, 6.45) is 1.07. The largest absolute Gasteiger partial charge is 0.399 e. The van der Waals surface area contributed by atoms with E-state index in [1.54, 1.807) is 30.3 Å². The maximum atomic E-state index is 12.4. The van der Waals surface area contributed by atoms with E-state index in [1.807, 2.05) is 0 Å². The van der Waals surface area contributed by atoms with E-state index in [0.29, 0.717) is 11.4 Å². The van der Waals surface area contributed by atoms with Gasteiger partial charge in [0, 0.05) is 30.2 Å². The van der Waals surface area contributed by atoms with Crippen LogP contribution >= 0.6 is 0 Å². The van der Waals surface area contributed by atoms with Crippen LogP contribution in [-0.2, 0) is 19.7 Å². The first-order valence-corrected chi connectivity index (χ1v) is 9.22. The molecule has 10 heteroatoms. The van der Waals surface area contributed by atoms with Gasteiger partial charge in [-0.1, -0.05) is 6.07 Å². The number of nitrogen functional groups attached to an aromatic ring is 1. The molecule has 0 aliphatic rings. The minimum Gasteiger partial charge on any atom is -0.399 e. The number of hydrogen-bond donors (Lipinski definition) is 3. The van der Waals surface area contributed by atoms with Gasteiger partial charge in [-0.05, 0) is 42.5 Å². The Bertz CT molecular complexity index is 1090. The summed E-state index contributed by atoms with van der Waals surface area (Å²) >= 11 is 0. The molecule has 28 heavy (non-hydrogen) atoms. The van der Waals surface area contributed by atoms with Crippen molar-refractivity contribution in [2.24, 2.45) is 0 Å². The van der Waals surface area contributed by atoms with Crippen molar-refractivity contribution in [3.8, 4) is 6.07 Å². The lowest BCUT2D eigenvalue weighted by molar-refractivity contribution is -0.116. The van der Waals surface area contributed by atoms with Crippen LogP contribution in [0.2, 0.25) is 0 Å². The van der Waals surface area contributed by atoms with E-state index in [1.165, 1.54) is 19.1 Å². The fraction of sp³-hybridized carbons (Fsp3) is 0.0556. The number of benzene rings is 2. The van der Waals surface area contributed by atoms with Crippen molar-refractivity contribution in [3.05, 3.63) is 60.3 Å². The molecule has 0 heterocycles. The van der Waals surface area contributed by atoms with Crippen LogP contribution in [0.4, 0.5) is 17.1 Å². The summed E-state index contributed by atoms with van der Waals surface area (Å²) in [4.78, 5) is 25.0. The predicted molar refractivity (Wildman–Crippen MR) is 103 cm³/mol. The maximum absolute atomic E-state index is 12.4. The molecule has 4 N–H and O–H groups in total. The molecule has 0 atom stereocenters. The quantitative estimate of drug-likeness (QED) is 0.300. The molecule has 0 saturated heterocycles. The van der Waals surface area contributed by atoms with Crippen molar-refractivity contribution in [1.82, 2.24) is 0 Å². The van der Waals surface area contributed by atoms with Gasteiger partial charge in [0.2, 0.25) is 5.91 Å². The Morgan fingerprint density at radius 1 is 1.21 bits per heavy atom. The monoisotopic (exact) mass is 400 g/mol. The first-order valence-electron chi connectivity index (χ1n) is 7.78. The number of nitrogens with two attached hydrogens (primary N) is 1. The van der Waals surface area contributed by atoms with Crippen molar-refractivity contribution in [3.63, 3.8) is 0 Å². The highest BCUT2D eigenvalue weighted by Gasteiger charge is 2.16. The molecule has 2 aromatic rings. The molecule has 0 spiro atoms. The Morgan fingerprint density at radius 2 is 1.86 bits per heavy atom. The summed E-state index contributed by atoms with van der Waals surface area (Å²) < 4.78 is 31.4. The van der Waals surface area contributed by atoms with Gasteiger partial charge in [0.25, 0.3) is 16.0 Å². The number of anilines is 3. The molecule has 0 aliphatic heterocycles. The van der Waals surface area contributed by atoms with Gasteiger partial charge in [0.15, 0.2) is 0 Å². The zero-order chi connectivity index (χ0) is 20.9. The van der Waals surface area contributed by atoms with Crippen LogP contribution in [0.25, 0.3) is 0 Å². The third-order valence-corrected chi connectivity index (χ3v) is 4.37. The maximum Gasteiger partial charge on any atom is 0.294 e. The van der Waals surface area contributed by atoms with Crippen LogP contribution in [0.5, 0.6) is 0 Å². The lowest BCUT2D eigenvalue weighted by Gasteiger charge is -2.17. The third-order valence-electron chi connectivity index (χ3n) is 3.52. The van der Waals surface area contributed by atoms with Crippen LogP contribution in [0.15, 0.2) is 65.2 Å². The Kier molecular flexibility index (Phi) is 6.15. The zero-order valence-electron chi connectivity index (χ0n) is 14.7. The summed E-state index contributed by atoms with van der Waals surface area (Å²) in [5.41, 5.74) is 6.14. The van der Waals surface area contributed by atoms with E-state index in [4.69, 9.17) is 10.3 Å². The fourth-order valence-corrected chi connectivity index (χ4v) is 2.71. The highest BCUT2D eigenvalue weighted by molar-refractivity contribution is 7.85. The van der Waals surface area contributed by atoms with Crippen LogP contribution in [0.3, 0.4) is 0 Å². The van der Waals surface area contributed by atoms with Gasteiger partial charge in [-0.3, -0.25) is 19.0 Å². The average Bonchev–Trinajstić information content (AvgIpc) is 2.63. The van der Waals surface area contributed by atoms with Gasteiger partial charge in [-0.25, -0.2) is 0 Å². The normalized spacial score (nSPS) is 11.4. The van der Waals surface area contributed by atoms with Crippen LogP contribution in [0, 0.1) is 11.3 Å². The molecule has 0 radical (unpaired) electrons. The van der Waals surface area contributed by atoms with Crippen molar-refractivity contribution in [2.75, 3.05) is 16.0 Å². The number of carbonyl (C=O) groups is 2. The predicted octanol–water partition coefficient (Wildman–Crippen LogP) is 1.91. The average molecular weight is 400 g/mol. The van der Waals surface area contributed by atoms with E-state index in [2.05, 4.69) is 5.32 Å². The topological polar surface area (TPSA) is 154 Å². The second kappa shape index (κ2) is 8.34. The van der Waals surface area contributed by atoms with Gasteiger partial charge in [-0.2, -0.15) is 13.7 Å². The first-order chi connectivity index (χ1) is 13.1. The zero-order valence-corrected chi connectivity index (χ0v) is 15.5. The minimum atomic E-state index is -4.45. The van der Waals surface area contributed by atoms with Crippen molar-refractivity contribution in [1.29, 1.82) is 5.26 Å². The van der Waals surface area contributed by atoms with E-state index in [-0.39, 0.29) is 5.69 Å². The van der Waals surface area contributed by atoms with Crippen LogP contribution < -0.4 is 16.0 Å². The van der Waals surface area contributed by atoms with Crippen LogP contribution in [-0.4, -0.2) is 24.8 Å². The fourth-order valence-electron chi connectivity index (χ4n) is 2.18. The molecule has 0 aromatic heterocycles. The Morgan fingerprint density at radius 3 is 2.39 bits per heavy atom. The molecule has 0 fully saturated rings. The van der Waals surface area contributed by atoms with Gasteiger partial charge >= 0.3 is 0 Å². The SMILES string of the molecule is CC(=O)N(/C=C(/C#N)C(=O)Nc1cccc(S(=O)(=O)O)c1)c1ccc(N)cc1. The smallest absolute Gasteiger partial charge is 0.294 e. The molecule has 144 valence electrons. The molecular formula is C18H16N4O5S. The molecular weight excluding hydrogens is 384 g/mol. The number of carbonyl (C=O) groups excluding carboxylic acids is 2. The van der Waals surface area contributed by atoms with Crippen molar-refractivity contribution < 1.29 is 22.6 Å². The first kappa shape index (κ1) is 20.6. The second-order valence-electron chi connectivity index (χ2n) is 5.59. The van der Waals surface area contributed by atoms with Gasteiger partial charge in [-0.15, -0.1) is 0 Å². The standard InChI is InChI=1S/C18H16N4O5S/c1-12(23)22(16-7-5-14(20)6-8-16)11-13(10-19)18(24)21-15-3-2-4-17(9-15)28(25,26)27/h2-9,11H,20H2,1H3,(H,21,24)(H,25,26,27)/b13-11-. The number of hydrogen-bond acceptors (Lipinski definition) is 6. The number of rotatable bonds is 5. The molecule has 2 rings (SSSR count). The Balaban J connectivity index is 2.32. The lowest BCUT2D eigenvalue weighted by Crippen LogP contribution is -2.25.